The molecule has 0 heterocycles. The zero-order chi connectivity index (χ0) is 21.4. The number of rotatable bonds is 18. The molecule has 0 rings (SSSR count). The molecule has 0 saturated carbocycles. The fraction of sp³-hybridized carbons (Fsp3) is 0.824. The molecule has 0 bridgehead atoms. The number of hydrogen-bond donors (Lipinski definition) is 7. The highest BCUT2D eigenvalue weighted by atomic mass is 16.5. The number of ether oxygens (including phenoxy) is 2. The van der Waals surface area contributed by atoms with Crippen LogP contribution in [-0.2, 0) is 14.3 Å². The first kappa shape index (κ1) is 26.5. The molecule has 0 fully saturated rings. The standard InChI is InChI=1S/C17H35N3O8/c18-15(2-1-3-17(25)26)4-20(19)16(11-27-9-13(5-21)6-22)12-28-10-14(7-23)8-24/h4,13-14,16,21-24H,1-3,5-12,18-19H2,(H,25,26)/b15-4-. The fourth-order valence-electron chi connectivity index (χ4n) is 2.09. The SMILES string of the molecule is N/C(=C\N(N)C(COCC(CO)CO)COCC(CO)CO)CCCC(=O)O. The number of allylic oxidation sites excluding steroid dienone is 1. The van der Waals surface area contributed by atoms with Gasteiger partial charge in [0.05, 0.1) is 58.9 Å². The lowest BCUT2D eigenvalue weighted by Gasteiger charge is -2.27. The average molecular weight is 409 g/mol. The van der Waals surface area contributed by atoms with Gasteiger partial charge < -0.3 is 45.7 Å². The van der Waals surface area contributed by atoms with Gasteiger partial charge in [-0.3, -0.25) is 4.79 Å². The highest BCUT2D eigenvalue weighted by Gasteiger charge is 2.17. The van der Waals surface area contributed by atoms with Crippen LogP contribution in [0.25, 0.3) is 0 Å². The second kappa shape index (κ2) is 16.5. The van der Waals surface area contributed by atoms with Crippen molar-refractivity contribution in [3.63, 3.8) is 0 Å². The third kappa shape index (κ3) is 12.8. The molecule has 0 unspecified atom stereocenters. The Balaban J connectivity index is 4.70. The first-order valence-electron chi connectivity index (χ1n) is 9.17. The molecule has 0 atom stereocenters. The molecule has 9 N–H and O–H groups in total. The van der Waals surface area contributed by atoms with Crippen LogP contribution < -0.4 is 11.6 Å². The molecular weight excluding hydrogens is 374 g/mol. The summed E-state index contributed by atoms with van der Waals surface area (Å²) in [7, 11) is 0. The van der Waals surface area contributed by atoms with Crippen molar-refractivity contribution < 1.29 is 39.8 Å². The summed E-state index contributed by atoms with van der Waals surface area (Å²) in [4.78, 5) is 10.6. The Kier molecular flexibility index (Phi) is 15.6. The number of nitrogens with two attached hydrogens (primary N) is 2. The molecule has 0 aliphatic rings. The van der Waals surface area contributed by atoms with E-state index >= 15 is 0 Å². The van der Waals surface area contributed by atoms with Gasteiger partial charge in [0.15, 0.2) is 0 Å². The first-order valence-corrected chi connectivity index (χ1v) is 9.17. The Bertz CT molecular complexity index is 413. The van der Waals surface area contributed by atoms with Crippen LogP contribution in [0, 0.1) is 11.8 Å². The lowest BCUT2D eigenvalue weighted by atomic mass is 10.2. The quantitative estimate of drug-likeness (QED) is 0.0961. The Morgan fingerprint density at radius 2 is 1.36 bits per heavy atom. The number of aliphatic hydroxyl groups excluding tert-OH is 4. The van der Waals surface area contributed by atoms with Gasteiger partial charge in [-0.2, -0.15) is 0 Å². The number of nitrogens with zero attached hydrogens (tertiary/aromatic N) is 1. The summed E-state index contributed by atoms with van der Waals surface area (Å²) in [6.07, 6.45) is 2.22. The summed E-state index contributed by atoms with van der Waals surface area (Å²) < 4.78 is 11.0. The second-order valence-corrected chi connectivity index (χ2v) is 6.59. The maximum atomic E-state index is 10.6. The first-order chi connectivity index (χ1) is 13.4. The minimum absolute atomic E-state index is 0.00216. The van der Waals surface area contributed by atoms with Gasteiger partial charge in [0.2, 0.25) is 0 Å². The van der Waals surface area contributed by atoms with Crippen molar-refractivity contribution in [2.45, 2.75) is 25.3 Å². The maximum Gasteiger partial charge on any atom is 0.303 e. The van der Waals surface area contributed by atoms with Crippen LogP contribution in [0.15, 0.2) is 11.9 Å². The lowest BCUT2D eigenvalue weighted by molar-refractivity contribution is -0.137. The number of carboxylic acid groups (broad SMARTS) is 1. The maximum absolute atomic E-state index is 10.6. The highest BCUT2D eigenvalue weighted by Crippen LogP contribution is 2.07. The van der Waals surface area contributed by atoms with Gasteiger partial charge in [0.1, 0.15) is 0 Å². The number of hydrogen-bond acceptors (Lipinski definition) is 10. The van der Waals surface area contributed by atoms with Gasteiger partial charge in [-0.05, 0) is 12.8 Å². The van der Waals surface area contributed by atoms with Crippen molar-refractivity contribution in [3.05, 3.63) is 11.9 Å². The second-order valence-electron chi connectivity index (χ2n) is 6.59. The Morgan fingerprint density at radius 1 is 0.893 bits per heavy atom. The predicted octanol–water partition coefficient (Wildman–Crippen LogP) is -2.18. The Hall–Kier alpha value is -1.47. The van der Waals surface area contributed by atoms with E-state index in [0.29, 0.717) is 18.5 Å². The fourth-order valence-corrected chi connectivity index (χ4v) is 2.09. The topological polar surface area (TPSA) is 192 Å². The monoisotopic (exact) mass is 409 g/mol. The number of hydrazine groups is 1. The van der Waals surface area contributed by atoms with E-state index in [9.17, 15) is 4.79 Å². The van der Waals surface area contributed by atoms with E-state index in [1.54, 1.807) is 0 Å². The van der Waals surface area contributed by atoms with Gasteiger partial charge in [-0.1, -0.05) is 0 Å². The summed E-state index contributed by atoms with van der Waals surface area (Å²) >= 11 is 0. The third-order valence-electron chi connectivity index (χ3n) is 3.95. The molecule has 0 aliphatic heterocycles. The zero-order valence-electron chi connectivity index (χ0n) is 16.2. The van der Waals surface area contributed by atoms with Crippen LogP contribution in [-0.4, -0.2) is 95.4 Å². The molecule has 28 heavy (non-hydrogen) atoms. The molecule has 11 nitrogen and oxygen atoms in total. The average Bonchev–Trinajstić information content (AvgIpc) is 2.66. The largest absolute Gasteiger partial charge is 0.481 e. The van der Waals surface area contributed by atoms with Gasteiger partial charge in [0, 0.05) is 30.2 Å². The number of aliphatic hydroxyl groups is 4. The third-order valence-corrected chi connectivity index (χ3v) is 3.95. The number of aliphatic carboxylic acids is 1. The van der Waals surface area contributed by atoms with Gasteiger partial charge in [0.25, 0.3) is 0 Å². The van der Waals surface area contributed by atoms with Crippen molar-refractivity contribution in [1.82, 2.24) is 5.01 Å². The smallest absolute Gasteiger partial charge is 0.303 e. The van der Waals surface area contributed by atoms with E-state index in [1.807, 2.05) is 0 Å². The molecule has 11 heteroatoms. The number of carboxylic acids is 1. The molecule has 0 aromatic carbocycles. The molecular formula is C17H35N3O8. The zero-order valence-corrected chi connectivity index (χ0v) is 16.2. The molecule has 0 spiro atoms. The van der Waals surface area contributed by atoms with Crippen molar-refractivity contribution in [3.8, 4) is 0 Å². The minimum Gasteiger partial charge on any atom is -0.481 e. The Morgan fingerprint density at radius 3 is 1.75 bits per heavy atom. The van der Waals surface area contributed by atoms with E-state index in [1.165, 1.54) is 11.2 Å². The summed E-state index contributed by atoms with van der Waals surface area (Å²) in [6.45, 7) is -0.353. The van der Waals surface area contributed by atoms with Crippen LogP contribution in [0.2, 0.25) is 0 Å². The van der Waals surface area contributed by atoms with Crippen LogP contribution in [0.1, 0.15) is 19.3 Å². The summed E-state index contributed by atoms with van der Waals surface area (Å²) in [5.74, 6) is 4.31. The van der Waals surface area contributed by atoms with E-state index in [2.05, 4.69) is 0 Å². The Labute approximate surface area is 165 Å². The molecule has 0 radical (unpaired) electrons. The van der Waals surface area contributed by atoms with E-state index in [4.69, 9.17) is 46.6 Å². The van der Waals surface area contributed by atoms with Crippen LogP contribution in [0.4, 0.5) is 0 Å². The molecule has 0 aromatic heterocycles. The molecule has 0 aromatic rings. The summed E-state index contributed by atoms with van der Waals surface area (Å²) in [6, 6.07) is -0.464. The van der Waals surface area contributed by atoms with Crippen molar-refractivity contribution >= 4 is 5.97 Å². The molecule has 0 amide bonds. The number of carbonyl (C=O) groups is 1. The highest BCUT2D eigenvalue weighted by molar-refractivity contribution is 5.66. The van der Waals surface area contributed by atoms with Gasteiger partial charge in [-0.15, -0.1) is 0 Å². The van der Waals surface area contributed by atoms with Crippen LogP contribution in [0.5, 0.6) is 0 Å². The van der Waals surface area contributed by atoms with E-state index in [0.717, 1.165) is 0 Å². The minimum atomic E-state index is -0.901. The molecule has 0 aliphatic carbocycles. The molecule has 0 saturated heterocycles. The molecule has 166 valence electrons. The summed E-state index contributed by atoms with van der Waals surface area (Å²) in [5, 5.41) is 46.3. The van der Waals surface area contributed by atoms with Gasteiger partial charge in [-0.25, -0.2) is 5.84 Å². The summed E-state index contributed by atoms with van der Waals surface area (Å²) in [5.41, 5.74) is 6.27. The van der Waals surface area contributed by atoms with Crippen molar-refractivity contribution in [2.24, 2.45) is 23.4 Å². The van der Waals surface area contributed by atoms with Crippen LogP contribution >= 0.6 is 0 Å². The predicted molar refractivity (Wildman–Crippen MR) is 101 cm³/mol. The van der Waals surface area contributed by atoms with E-state index in [-0.39, 0.29) is 59.3 Å². The normalized spacial score (nSPS) is 12.4. The van der Waals surface area contributed by atoms with Crippen molar-refractivity contribution in [1.29, 1.82) is 0 Å². The van der Waals surface area contributed by atoms with Crippen molar-refractivity contribution in [2.75, 3.05) is 52.9 Å². The van der Waals surface area contributed by atoms with Gasteiger partial charge >= 0.3 is 5.97 Å². The lowest BCUT2D eigenvalue weighted by Crippen LogP contribution is -2.44. The van der Waals surface area contributed by atoms with E-state index < -0.39 is 23.8 Å². The van der Waals surface area contributed by atoms with Crippen LogP contribution in [0.3, 0.4) is 0 Å².